The van der Waals surface area contributed by atoms with Crippen molar-refractivity contribution in [2.75, 3.05) is 10.6 Å². The summed E-state index contributed by atoms with van der Waals surface area (Å²) >= 11 is 1.46. The number of anilines is 3. The van der Waals surface area contributed by atoms with E-state index in [9.17, 15) is 14.0 Å². The van der Waals surface area contributed by atoms with E-state index in [2.05, 4.69) is 20.6 Å². The second-order valence-corrected chi connectivity index (χ2v) is 6.63. The van der Waals surface area contributed by atoms with E-state index in [-0.39, 0.29) is 17.2 Å². The summed E-state index contributed by atoms with van der Waals surface area (Å²) in [6.45, 7) is 1.72. The Morgan fingerprint density at radius 1 is 1.26 bits per heavy atom. The van der Waals surface area contributed by atoms with Crippen molar-refractivity contribution in [3.63, 3.8) is 0 Å². The number of halogens is 1. The third-order valence-electron chi connectivity index (χ3n) is 3.90. The lowest BCUT2D eigenvalue weighted by Crippen LogP contribution is -2.35. The molecule has 27 heavy (non-hydrogen) atoms. The number of nitrogens with two attached hydrogens (primary N) is 2. The molecule has 2 aromatic heterocycles. The van der Waals surface area contributed by atoms with Gasteiger partial charge in [-0.2, -0.15) is 0 Å². The number of aromatic nitrogens is 2. The maximum absolute atomic E-state index is 14.3. The van der Waals surface area contributed by atoms with Gasteiger partial charge in [0.05, 0.1) is 21.3 Å². The minimum absolute atomic E-state index is 0.0644. The van der Waals surface area contributed by atoms with Crippen LogP contribution in [0.4, 0.5) is 21.7 Å². The molecule has 6 N–H and O–H groups in total. The topological polar surface area (TPSA) is 136 Å². The fourth-order valence-electron chi connectivity index (χ4n) is 2.48. The molecule has 0 aliphatic rings. The van der Waals surface area contributed by atoms with Crippen LogP contribution < -0.4 is 22.1 Å². The number of pyridine rings is 1. The van der Waals surface area contributed by atoms with Crippen LogP contribution in [-0.4, -0.2) is 27.8 Å². The third kappa shape index (κ3) is 3.95. The molecule has 2 heterocycles. The van der Waals surface area contributed by atoms with Gasteiger partial charge in [0.2, 0.25) is 5.91 Å². The summed E-state index contributed by atoms with van der Waals surface area (Å²) < 4.78 is 15.3. The average Bonchev–Trinajstić information content (AvgIpc) is 3.08. The van der Waals surface area contributed by atoms with Crippen LogP contribution in [-0.2, 0) is 4.79 Å². The van der Waals surface area contributed by atoms with E-state index < -0.39 is 23.7 Å². The number of carbonyl (C=O) groups excluding carboxylic acids is 2. The van der Waals surface area contributed by atoms with E-state index in [4.69, 9.17) is 11.5 Å². The highest BCUT2D eigenvalue weighted by molar-refractivity contribution is 7.16. The number of rotatable bonds is 7. The lowest BCUT2D eigenvalue weighted by molar-refractivity contribution is -0.118. The number of benzene rings is 1. The minimum Gasteiger partial charge on any atom is -0.368 e. The highest BCUT2D eigenvalue weighted by Crippen LogP contribution is 2.27. The minimum atomic E-state index is -0.837. The molecule has 0 saturated heterocycles. The Morgan fingerprint density at radius 3 is 2.70 bits per heavy atom. The Bertz CT molecular complexity index is 1020. The van der Waals surface area contributed by atoms with Gasteiger partial charge in [-0.15, -0.1) is 11.3 Å². The fraction of sp³-hybridized carbons (Fsp3) is 0.176. The van der Waals surface area contributed by atoms with Crippen LogP contribution in [0.15, 0.2) is 29.8 Å². The zero-order valence-corrected chi connectivity index (χ0v) is 15.1. The SMILES string of the molecule is CCC(Nc1nc(Nc2ccc3ncsc3c2)c(C(N)=O)cc1F)C(N)=O. The van der Waals surface area contributed by atoms with Crippen LogP contribution in [0.5, 0.6) is 0 Å². The summed E-state index contributed by atoms with van der Waals surface area (Å²) in [5.41, 5.74) is 13.7. The van der Waals surface area contributed by atoms with Crippen LogP contribution in [0.3, 0.4) is 0 Å². The van der Waals surface area contributed by atoms with E-state index >= 15 is 0 Å². The average molecular weight is 388 g/mol. The van der Waals surface area contributed by atoms with Crippen LogP contribution >= 0.6 is 11.3 Å². The molecule has 1 atom stereocenters. The molecule has 3 aromatic rings. The van der Waals surface area contributed by atoms with E-state index in [1.165, 1.54) is 11.3 Å². The van der Waals surface area contributed by atoms with E-state index in [1.54, 1.807) is 24.6 Å². The van der Waals surface area contributed by atoms with Crippen molar-refractivity contribution < 1.29 is 14.0 Å². The number of amides is 2. The second-order valence-electron chi connectivity index (χ2n) is 5.75. The van der Waals surface area contributed by atoms with Gasteiger partial charge in [0, 0.05) is 5.69 Å². The molecule has 1 aromatic carbocycles. The van der Waals surface area contributed by atoms with Crippen molar-refractivity contribution in [1.82, 2.24) is 9.97 Å². The Labute approximate surface area is 157 Å². The Morgan fingerprint density at radius 2 is 2.04 bits per heavy atom. The molecule has 8 nitrogen and oxygen atoms in total. The number of nitrogens with one attached hydrogen (secondary N) is 2. The van der Waals surface area contributed by atoms with Gasteiger partial charge in [-0.25, -0.2) is 14.4 Å². The normalized spacial score (nSPS) is 11.9. The van der Waals surface area contributed by atoms with Gasteiger partial charge < -0.3 is 22.1 Å². The largest absolute Gasteiger partial charge is 0.368 e. The molecule has 10 heteroatoms. The molecule has 3 rings (SSSR count). The smallest absolute Gasteiger partial charge is 0.252 e. The number of thiazole rings is 1. The molecule has 0 aliphatic heterocycles. The van der Waals surface area contributed by atoms with Gasteiger partial charge in [-0.3, -0.25) is 9.59 Å². The number of nitrogens with zero attached hydrogens (tertiary/aromatic N) is 2. The number of primary amides is 2. The lowest BCUT2D eigenvalue weighted by atomic mass is 10.2. The van der Waals surface area contributed by atoms with Crippen molar-refractivity contribution in [2.24, 2.45) is 11.5 Å². The van der Waals surface area contributed by atoms with Gasteiger partial charge in [-0.05, 0) is 30.7 Å². The highest BCUT2D eigenvalue weighted by atomic mass is 32.1. The van der Waals surface area contributed by atoms with Crippen LogP contribution in [0, 0.1) is 5.82 Å². The first-order valence-corrected chi connectivity index (χ1v) is 8.93. The molecule has 0 bridgehead atoms. The number of fused-ring (bicyclic) bond motifs is 1. The molecule has 0 aliphatic carbocycles. The monoisotopic (exact) mass is 388 g/mol. The predicted octanol–water partition coefficient (Wildman–Crippen LogP) is 2.35. The van der Waals surface area contributed by atoms with Crippen LogP contribution in [0.25, 0.3) is 10.2 Å². The first-order valence-electron chi connectivity index (χ1n) is 8.05. The molecule has 0 spiro atoms. The Balaban J connectivity index is 1.99. The molecule has 1 unspecified atom stereocenters. The lowest BCUT2D eigenvalue weighted by Gasteiger charge is -2.17. The summed E-state index contributed by atoms with van der Waals surface area (Å²) in [5.74, 6) is -2.42. The molecular weight excluding hydrogens is 371 g/mol. The summed E-state index contributed by atoms with van der Waals surface area (Å²) in [6.07, 6.45) is 0.346. The van der Waals surface area contributed by atoms with Crippen LogP contribution in [0.1, 0.15) is 23.7 Å². The van der Waals surface area contributed by atoms with Crippen molar-refractivity contribution >= 4 is 50.7 Å². The van der Waals surface area contributed by atoms with Gasteiger partial charge in [0.25, 0.3) is 5.91 Å². The fourth-order valence-corrected chi connectivity index (χ4v) is 3.20. The van der Waals surface area contributed by atoms with Gasteiger partial charge in [-0.1, -0.05) is 6.92 Å². The Hall–Kier alpha value is -3.27. The molecule has 0 saturated carbocycles. The van der Waals surface area contributed by atoms with Gasteiger partial charge >= 0.3 is 0 Å². The quantitative estimate of drug-likeness (QED) is 0.490. The van der Waals surface area contributed by atoms with E-state index in [1.807, 2.05) is 6.07 Å². The van der Waals surface area contributed by atoms with Crippen molar-refractivity contribution in [3.05, 3.63) is 41.2 Å². The Kier molecular flexibility index (Phi) is 5.17. The summed E-state index contributed by atoms with van der Waals surface area (Å²) in [4.78, 5) is 31.4. The number of carbonyl (C=O) groups is 2. The molecule has 0 radical (unpaired) electrons. The highest BCUT2D eigenvalue weighted by Gasteiger charge is 2.20. The number of hydrogen-bond acceptors (Lipinski definition) is 7. The first-order chi connectivity index (χ1) is 12.9. The summed E-state index contributed by atoms with van der Waals surface area (Å²) in [6, 6.07) is 5.56. The van der Waals surface area contributed by atoms with E-state index in [0.29, 0.717) is 12.1 Å². The maximum atomic E-state index is 14.3. The number of hydrogen-bond donors (Lipinski definition) is 4. The second kappa shape index (κ2) is 7.54. The van der Waals surface area contributed by atoms with E-state index in [0.717, 1.165) is 16.3 Å². The standard InChI is InChI=1S/C17H17FN6O2S/c1-2-11(15(20)26)23-17-10(18)6-9(14(19)25)16(24-17)22-8-3-4-12-13(5-8)27-7-21-12/h3-7,11H,2H2,1H3,(H2,19,25)(H2,20,26)(H2,22,23,24). The predicted molar refractivity (Wildman–Crippen MR) is 103 cm³/mol. The maximum Gasteiger partial charge on any atom is 0.252 e. The van der Waals surface area contributed by atoms with Crippen molar-refractivity contribution in [2.45, 2.75) is 19.4 Å². The third-order valence-corrected chi connectivity index (χ3v) is 4.69. The van der Waals surface area contributed by atoms with Gasteiger partial charge in [0.15, 0.2) is 11.6 Å². The molecular formula is C17H17FN6O2S. The molecule has 0 fully saturated rings. The molecule has 2 amide bonds. The first kappa shape index (κ1) is 18.5. The summed E-state index contributed by atoms with van der Waals surface area (Å²) in [5, 5.41) is 5.62. The van der Waals surface area contributed by atoms with Crippen molar-refractivity contribution in [3.8, 4) is 0 Å². The van der Waals surface area contributed by atoms with Crippen molar-refractivity contribution in [1.29, 1.82) is 0 Å². The summed E-state index contributed by atoms with van der Waals surface area (Å²) in [7, 11) is 0. The van der Waals surface area contributed by atoms with Gasteiger partial charge in [0.1, 0.15) is 11.9 Å². The van der Waals surface area contributed by atoms with Crippen LogP contribution in [0.2, 0.25) is 0 Å². The molecule has 140 valence electrons. The zero-order chi connectivity index (χ0) is 19.6. The zero-order valence-electron chi connectivity index (χ0n) is 14.3.